The Hall–Kier alpha value is -5.70. The molecule has 0 amide bonds. The van der Waals surface area contributed by atoms with E-state index in [0.29, 0.717) is 0 Å². The van der Waals surface area contributed by atoms with Gasteiger partial charge in [0.15, 0.2) is 43.0 Å². The van der Waals surface area contributed by atoms with Gasteiger partial charge in [-0.15, -0.1) is 0 Å². The van der Waals surface area contributed by atoms with Gasteiger partial charge in [-0.3, -0.25) is 19.9 Å². The molecule has 20 heteroatoms. The van der Waals surface area contributed by atoms with Crippen LogP contribution in [0, 0.1) is 0 Å². The maximum absolute atomic E-state index is 10.7. The molecule has 0 aromatic carbocycles. The first kappa shape index (κ1) is 45.4. The molecule has 0 saturated heterocycles. The predicted octanol–water partition coefficient (Wildman–Crippen LogP) is 5.24. The lowest BCUT2D eigenvalue weighted by molar-refractivity contribution is -0.401. The fourth-order valence-corrected chi connectivity index (χ4v) is 5.91. The largest absolute Gasteiger partial charge is 0.741 e. The number of nitrogens with one attached hydrogen (secondary N) is 2. The van der Waals surface area contributed by atoms with Crippen LogP contribution in [0.3, 0.4) is 0 Å². The fourth-order valence-electron chi connectivity index (χ4n) is 5.91. The van der Waals surface area contributed by atoms with Crippen LogP contribution in [0.25, 0.3) is 0 Å². The molecule has 6 aromatic heterocycles. The molecule has 2 N–H and O–H groups in total. The van der Waals surface area contributed by atoms with Crippen LogP contribution >= 0.6 is 0 Å². The molecular weight excluding hydrogens is 839 g/mol. The summed E-state index contributed by atoms with van der Waals surface area (Å²) in [5.74, 6) is 0. The molecule has 6 aromatic rings. The van der Waals surface area contributed by atoms with Crippen molar-refractivity contribution in [3.63, 3.8) is 0 Å². The fraction of sp³-hybridized carbons (Fsp3) is 0.250. The average molecular weight is 875 g/mol. The Morgan fingerprint density at radius 3 is 0.917 bits per heavy atom. The number of rotatable bonds is 0. The monoisotopic (exact) mass is 874 g/mol. The molecule has 0 fully saturated rings. The number of fused-ring (bicyclic) bond motifs is 12. The highest BCUT2D eigenvalue weighted by Crippen LogP contribution is 2.21. The molecular formula is C40H36F6N6O6S2. The summed E-state index contributed by atoms with van der Waals surface area (Å²) < 4.78 is 118. The van der Waals surface area contributed by atoms with Crippen molar-refractivity contribution in [2.75, 3.05) is 0 Å². The van der Waals surface area contributed by atoms with Gasteiger partial charge in [0.1, 0.15) is 0 Å². The number of aryl methyl sites for hydroxylation is 4. The Bertz CT molecular complexity index is 2320. The van der Waals surface area contributed by atoms with Gasteiger partial charge in [0.2, 0.25) is 0 Å². The minimum Gasteiger partial charge on any atom is -0.741 e. The molecule has 8 rings (SSSR count). The van der Waals surface area contributed by atoms with E-state index in [1.807, 2.05) is 0 Å². The van der Waals surface area contributed by atoms with Crippen LogP contribution in [0.15, 0.2) is 109 Å². The van der Waals surface area contributed by atoms with Gasteiger partial charge in [0.25, 0.3) is 0 Å². The van der Waals surface area contributed by atoms with Gasteiger partial charge in [0.05, 0.1) is 24.2 Å². The van der Waals surface area contributed by atoms with Crippen LogP contribution in [-0.4, -0.2) is 56.9 Å². The molecule has 0 unspecified atom stereocenters. The second-order valence-electron chi connectivity index (χ2n) is 13.4. The van der Waals surface area contributed by atoms with Gasteiger partial charge in [-0.1, -0.05) is 24.3 Å². The molecule has 60 heavy (non-hydrogen) atoms. The first-order valence-electron chi connectivity index (χ1n) is 18.0. The van der Waals surface area contributed by atoms with E-state index in [-0.39, 0.29) is 0 Å². The summed E-state index contributed by atoms with van der Waals surface area (Å²) in [5.41, 5.74) is 2.47. The zero-order chi connectivity index (χ0) is 43.6. The standard InChI is InChI=1S/2C19H17N3.2CHF3O3S/c2*1-4-14-10-11-15-5-2-7-17(21-15)13-19-9-3-8-18(22-19)12-16(6-1)20-14;2*2-1(3,4)8(5,6)7/h2*1-9H,10-13H2;2*(H,5,6,7). The lowest BCUT2D eigenvalue weighted by Gasteiger charge is -2.08. The predicted molar refractivity (Wildman–Crippen MR) is 200 cm³/mol. The minimum atomic E-state index is -6.09. The molecule has 12 nitrogen and oxygen atoms in total. The highest BCUT2D eigenvalue weighted by molar-refractivity contribution is 7.86. The first-order chi connectivity index (χ1) is 28.2. The maximum Gasteiger partial charge on any atom is 0.485 e. The van der Waals surface area contributed by atoms with Crippen molar-refractivity contribution in [2.24, 2.45) is 0 Å². The molecule has 8 heterocycles. The van der Waals surface area contributed by atoms with E-state index in [9.17, 15) is 26.3 Å². The SMILES string of the molecule is O=S(=O)([O-])C(F)(F)F.O=S(=O)([O-])C(F)(F)F.c1cc2nc(c1)Cc1cccc(n1)Cc1cccc([nH+]1)CC2.c1cc2nc(c1)Cc1cccc(n1)Cc1cccc([nH+]1)CC2. The van der Waals surface area contributed by atoms with Gasteiger partial charge >= 0.3 is 11.0 Å². The van der Waals surface area contributed by atoms with E-state index in [1.54, 1.807) is 0 Å². The lowest BCUT2D eigenvalue weighted by atomic mass is 10.1. The molecule has 0 aliphatic carbocycles. The van der Waals surface area contributed by atoms with Gasteiger partial charge in [0, 0.05) is 84.1 Å². The number of aromatic nitrogens is 6. The summed E-state index contributed by atoms with van der Waals surface area (Å²) in [4.78, 5) is 26.2. The minimum absolute atomic E-state index is 0.795. The third kappa shape index (κ3) is 14.2. The highest BCUT2D eigenvalue weighted by atomic mass is 32.2. The van der Waals surface area contributed by atoms with E-state index in [1.165, 1.54) is 22.8 Å². The topological polar surface area (TPSA) is 194 Å². The van der Waals surface area contributed by atoms with Crippen molar-refractivity contribution >= 4 is 20.2 Å². The highest BCUT2D eigenvalue weighted by Gasteiger charge is 2.37. The summed E-state index contributed by atoms with van der Waals surface area (Å²) in [7, 11) is -12.2. The Labute approximate surface area is 341 Å². The van der Waals surface area contributed by atoms with Crippen molar-refractivity contribution in [3.05, 3.63) is 178 Å². The Balaban J connectivity index is 0.000000169. The quantitative estimate of drug-likeness (QED) is 0.111. The smallest absolute Gasteiger partial charge is 0.485 e. The lowest BCUT2D eigenvalue weighted by Crippen LogP contribution is -2.21. The summed E-state index contributed by atoms with van der Waals surface area (Å²) in [5, 5.41) is 0. The van der Waals surface area contributed by atoms with Crippen molar-refractivity contribution in [1.82, 2.24) is 19.9 Å². The van der Waals surface area contributed by atoms with Crippen LogP contribution in [-0.2, 0) is 71.6 Å². The molecule has 2 aliphatic rings. The van der Waals surface area contributed by atoms with Gasteiger partial charge in [-0.2, -0.15) is 26.3 Å². The van der Waals surface area contributed by atoms with Gasteiger partial charge in [-0.25, -0.2) is 26.8 Å². The zero-order valence-electron chi connectivity index (χ0n) is 31.4. The number of alkyl halides is 6. The number of pyridine rings is 6. The summed E-state index contributed by atoms with van der Waals surface area (Å²) in [6.45, 7) is 0. The number of H-pyrrole nitrogens is 2. The molecule has 2 aliphatic heterocycles. The van der Waals surface area contributed by atoms with E-state index >= 15 is 0 Å². The number of hydrogen-bond donors (Lipinski definition) is 0. The van der Waals surface area contributed by atoms with Crippen molar-refractivity contribution in [3.8, 4) is 0 Å². The third-order valence-corrected chi connectivity index (χ3v) is 9.76. The molecule has 0 atom stereocenters. The molecule has 316 valence electrons. The van der Waals surface area contributed by atoms with E-state index in [0.717, 1.165) is 96.9 Å². The van der Waals surface area contributed by atoms with Crippen LogP contribution in [0.4, 0.5) is 26.3 Å². The van der Waals surface area contributed by atoms with Gasteiger partial charge < -0.3 is 9.11 Å². The second kappa shape index (κ2) is 19.6. The van der Waals surface area contributed by atoms with Crippen molar-refractivity contribution in [2.45, 2.75) is 62.4 Å². The van der Waals surface area contributed by atoms with Crippen LogP contribution in [0.1, 0.15) is 68.3 Å². The van der Waals surface area contributed by atoms with E-state index in [2.05, 4.69) is 119 Å². The number of nitrogens with zero attached hydrogens (tertiary/aromatic N) is 4. The summed E-state index contributed by atoms with van der Waals surface area (Å²) in [6.07, 6.45) is 7.15. The third-order valence-electron chi connectivity index (χ3n) is 8.63. The van der Waals surface area contributed by atoms with Crippen LogP contribution in [0.5, 0.6) is 0 Å². The van der Waals surface area contributed by atoms with Crippen LogP contribution < -0.4 is 9.97 Å². The number of hydrogen-bond acceptors (Lipinski definition) is 10. The number of aromatic amines is 2. The van der Waals surface area contributed by atoms with Crippen molar-refractivity contribution < 1.29 is 62.3 Å². The Morgan fingerprint density at radius 1 is 0.383 bits per heavy atom. The van der Waals surface area contributed by atoms with E-state index in [4.69, 9.17) is 45.9 Å². The second-order valence-corrected chi connectivity index (χ2v) is 16.1. The normalized spacial score (nSPS) is 13.7. The zero-order valence-corrected chi connectivity index (χ0v) is 33.0. The molecule has 0 spiro atoms. The van der Waals surface area contributed by atoms with E-state index < -0.39 is 31.3 Å². The molecule has 12 bridgehead atoms. The maximum atomic E-state index is 10.7. The number of halogens is 6. The van der Waals surface area contributed by atoms with Crippen LogP contribution in [0.2, 0.25) is 0 Å². The average Bonchev–Trinajstić information content (AvgIpc) is 3.16. The summed E-state index contributed by atoms with van der Waals surface area (Å²) in [6, 6.07) is 37.9. The Kier molecular flexibility index (Phi) is 14.8. The van der Waals surface area contributed by atoms with Crippen molar-refractivity contribution in [1.29, 1.82) is 0 Å². The Morgan fingerprint density at radius 2 is 0.617 bits per heavy atom. The molecule has 0 radical (unpaired) electrons. The summed E-state index contributed by atoms with van der Waals surface area (Å²) >= 11 is 0. The van der Waals surface area contributed by atoms with Gasteiger partial charge in [-0.05, 0) is 73.5 Å². The molecule has 0 saturated carbocycles. The first-order valence-corrected chi connectivity index (χ1v) is 20.9.